The predicted molar refractivity (Wildman–Crippen MR) is 106 cm³/mol. The zero-order chi connectivity index (χ0) is 20.8. The topological polar surface area (TPSA) is 95.5 Å². The van der Waals surface area contributed by atoms with E-state index in [2.05, 4.69) is 10.6 Å². The molecule has 29 heavy (non-hydrogen) atoms. The van der Waals surface area contributed by atoms with Crippen molar-refractivity contribution in [2.24, 2.45) is 11.8 Å². The van der Waals surface area contributed by atoms with Crippen LogP contribution in [0.25, 0.3) is 0 Å². The second kappa shape index (κ2) is 9.32. The second-order valence-electron chi connectivity index (χ2n) is 7.26. The van der Waals surface area contributed by atoms with Gasteiger partial charge in [-0.1, -0.05) is 12.1 Å². The van der Waals surface area contributed by atoms with Crippen LogP contribution in [0, 0.1) is 17.7 Å². The minimum atomic E-state index is -0.794. The van der Waals surface area contributed by atoms with E-state index in [4.69, 9.17) is 5.11 Å². The van der Waals surface area contributed by atoms with Crippen molar-refractivity contribution in [2.45, 2.75) is 32.2 Å². The number of hydrogen-bond acceptors (Lipinski definition) is 3. The van der Waals surface area contributed by atoms with Crippen molar-refractivity contribution < 1.29 is 23.9 Å². The molecular formula is C22H23FN2O4. The molecule has 0 saturated heterocycles. The lowest BCUT2D eigenvalue weighted by Gasteiger charge is -2.25. The van der Waals surface area contributed by atoms with Crippen LogP contribution in [0.3, 0.4) is 0 Å². The Kier molecular flexibility index (Phi) is 6.59. The first-order valence-corrected chi connectivity index (χ1v) is 9.59. The largest absolute Gasteiger partial charge is 0.481 e. The van der Waals surface area contributed by atoms with Gasteiger partial charge in [-0.3, -0.25) is 14.4 Å². The summed E-state index contributed by atoms with van der Waals surface area (Å²) in [6, 6.07) is 12.5. The lowest BCUT2D eigenvalue weighted by molar-refractivity contribution is -0.143. The minimum absolute atomic E-state index is 0.123. The summed E-state index contributed by atoms with van der Waals surface area (Å²) in [5, 5.41) is 14.6. The molecule has 2 amide bonds. The highest BCUT2D eigenvalue weighted by atomic mass is 19.1. The smallest absolute Gasteiger partial charge is 0.306 e. The van der Waals surface area contributed by atoms with Crippen LogP contribution in [0.2, 0.25) is 0 Å². The number of amides is 2. The lowest BCUT2D eigenvalue weighted by atomic mass is 9.81. The Morgan fingerprint density at radius 1 is 0.897 bits per heavy atom. The van der Waals surface area contributed by atoms with E-state index in [9.17, 15) is 18.8 Å². The van der Waals surface area contributed by atoms with Crippen molar-refractivity contribution >= 4 is 23.5 Å². The number of carboxylic acids is 1. The standard InChI is InChI=1S/C22H23FN2O4/c23-18-9-1-14(2-10-18)13-24-20(26)15-7-11-19(12-8-15)25-21(27)16-3-5-17(6-4-16)22(28)29/h1-2,7-12,16-17H,3-6,13H2,(H,24,26)(H,25,27)(H,28,29). The van der Waals surface area contributed by atoms with Crippen molar-refractivity contribution in [3.8, 4) is 0 Å². The number of hydrogen-bond donors (Lipinski definition) is 3. The average Bonchev–Trinajstić information content (AvgIpc) is 2.73. The molecule has 3 rings (SSSR count). The maximum atomic E-state index is 12.9. The number of anilines is 1. The van der Waals surface area contributed by atoms with Gasteiger partial charge in [0.1, 0.15) is 5.82 Å². The van der Waals surface area contributed by atoms with Gasteiger partial charge in [-0.2, -0.15) is 0 Å². The van der Waals surface area contributed by atoms with Gasteiger partial charge in [0.15, 0.2) is 0 Å². The molecule has 0 atom stereocenters. The molecule has 0 heterocycles. The fourth-order valence-electron chi connectivity index (χ4n) is 3.44. The quantitative estimate of drug-likeness (QED) is 0.693. The van der Waals surface area contributed by atoms with Gasteiger partial charge in [-0.15, -0.1) is 0 Å². The third-order valence-electron chi connectivity index (χ3n) is 5.23. The van der Waals surface area contributed by atoms with Gasteiger partial charge in [0, 0.05) is 23.7 Å². The highest BCUT2D eigenvalue weighted by Gasteiger charge is 2.29. The molecule has 1 aliphatic rings. The van der Waals surface area contributed by atoms with Crippen LogP contribution < -0.4 is 10.6 Å². The van der Waals surface area contributed by atoms with Gasteiger partial charge < -0.3 is 15.7 Å². The summed E-state index contributed by atoms with van der Waals surface area (Å²) in [7, 11) is 0. The number of benzene rings is 2. The maximum absolute atomic E-state index is 12.9. The highest BCUT2D eigenvalue weighted by Crippen LogP contribution is 2.29. The molecule has 3 N–H and O–H groups in total. The molecule has 2 aromatic carbocycles. The van der Waals surface area contributed by atoms with Crippen LogP contribution in [-0.2, 0) is 16.1 Å². The van der Waals surface area contributed by atoms with Gasteiger partial charge in [0.25, 0.3) is 5.91 Å². The Labute approximate surface area is 168 Å². The first-order chi connectivity index (χ1) is 13.9. The molecule has 152 valence electrons. The van der Waals surface area contributed by atoms with Crippen molar-refractivity contribution in [3.05, 3.63) is 65.5 Å². The normalized spacial score (nSPS) is 18.7. The second-order valence-corrected chi connectivity index (χ2v) is 7.26. The first-order valence-electron chi connectivity index (χ1n) is 9.59. The lowest BCUT2D eigenvalue weighted by Crippen LogP contribution is -2.29. The molecule has 1 aliphatic carbocycles. The van der Waals surface area contributed by atoms with E-state index in [1.165, 1.54) is 12.1 Å². The van der Waals surface area contributed by atoms with Crippen LogP contribution in [-0.4, -0.2) is 22.9 Å². The van der Waals surface area contributed by atoms with Crippen molar-refractivity contribution in [2.75, 3.05) is 5.32 Å². The number of carboxylic acid groups (broad SMARTS) is 1. The van der Waals surface area contributed by atoms with Gasteiger partial charge in [-0.05, 0) is 67.6 Å². The zero-order valence-corrected chi connectivity index (χ0v) is 15.9. The van der Waals surface area contributed by atoms with E-state index in [1.54, 1.807) is 36.4 Å². The fraction of sp³-hybridized carbons (Fsp3) is 0.318. The van der Waals surface area contributed by atoms with E-state index in [-0.39, 0.29) is 36.0 Å². The molecule has 6 nitrogen and oxygen atoms in total. The molecular weight excluding hydrogens is 375 g/mol. The van der Waals surface area contributed by atoms with Crippen molar-refractivity contribution in [1.29, 1.82) is 0 Å². The molecule has 2 aromatic rings. The van der Waals surface area contributed by atoms with Crippen LogP contribution >= 0.6 is 0 Å². The highest BCUT2D eigenvalue weighted by molar-refractivity contribution is 5.96. The Morgan fingerprint density at radius 3 is 2.07 bits per heavy atom. The van der Waals surface area contributed by atoms with Crippen LogP contribution in [0.1, 0.15) is 41.6 Å². The number of halogens is 1. The Balaban J connectivity index is 1.49. The summed E-state index contributed by atoms with van der Waals surface area (Å²) >= 11 is 0. The van der Waals surface area contributed by atoms with Gasteiger partial charge in [0.2, 0.25) is 5.91 Å². The van der Waals surface area contributed by atoms with Crippen molar-refractivity contribution in [1.82, 2.24) is 5.32 Å². The van der Waals surface area contributed by atoms with Gasteiger partial charge >= 0.3 is 5.97 Å². The molecule has 0 spiro atoms. The van der Waals surface area contributed by atoms with E-state index in [0.29, 0.717) is 36.9 Å². The minimum Gasteiger partial charge on any atom is -0.481 e. The van der Waals surface area contributed by atoms with Crippen molar-refractivity contribution in [3.63, 3.8) is 0 Å². The molecule has 1 saturated carbocycles. The van der Waals surface area contributed by atoms with Crippen LogP contribution in [0.15, 0.2) is 48.5 Å². The van der Waals surface area contributed by atoms with Crippen LogP contribution in [0.4, 0.5) is 10.1 Å². The number of nitrogens with one attached hydrogen (secondary N) is 2. The monoisotopic (exact) mass is 398 g/mol. The van der Waals surface area contributed by atoms with E-state index in [0.717, 1.165) is 5.56 Å². The fourth-order valence-corrected chi connectivity index (χ4v) is 3.44. The first kappa shape index (κ1) is 20.5. The average molecular weight is 398 g/mol. The number of aliphatic carboxylic acids is 1. The van der Waals surface area contributed by atoms with Gasteiger partial charge in [-0.25, -0.2) is 4.39 Å². The summed E-state index contributed by atoms with van der Waals surface area (Å²) in [6.07, 6.45) is 2.15. The summed E-state index contributed by atoms with van der Waals surface area (Å²) < 4.78 is 12.9. The Bertz CT molecular complexity index is 873. The third-order valence-corrected chi connectivity index (χ3v) is 5.23. The Hall–Kier alpha value is -3.22. The predicted octanol–water partition coefficient (Wildman–Crippen LogP) is 3.59. The zero-order valence-electron chi connectivity index (χ0n) is 15.9. The van der Waals surface area contributed by atoms with E-state index in [1.807, 2.05) is 0 Å². The van der Waals surface area contributed by atoms with Gasteiger partial charge in [0.05, 0.1) is 5.92 Å². The number of carbonyl (C=O) groups is 3. The van der Waals surface area contributed by atoms with Crippen LogP contribution in [0.5, 0.6) is 0 Å². The molecule has 7 heteroatoms. The molecule has 1 fully saturated rings. The third kappa shape index (κ3) is 5.63. The SMILES string of the molecule is O=C(NCc1ccc(F)cc1)c1ccc(NC(=O)C2CCC(C(=O)O)CC2)cc1. The van der Waals surface area contributed by atoms with E-state index < -0.39 is 5.97 Å². The molecule has 0 unspecified atom stereocenters. The summed E-state index contributed by atoms with van der Waals surface area (Å²) in [5.41, 5.74) is 1.83. The summed E-state index contributed by atoms with van der Waals surface area (Å²) in [4.78, 5) is 35.6. The maximum Gasteiger partial charge on any atom is 0.306 e. The number of carbonyl (C=O) groups excluding carboxylic acids is 2. The molecule has 0 bridgehead atoms. The van der Waals surface area contributed by atoms with E-state index >= 15 is 0 Å². The molecule has 0 aliphatic heterocycles. The molecule has 0 radical (unpaired) electrons. The summed E-state index contributed by atoms with van der Waals surface area (Å²) in [5.74, 6) is -2.05. The Morgan fingerprint density at radius 2 is 1.48 bits per heavy atom. The summed E-state index contributed by atoms with van der Waals surface area (Å²) in [6.45, 7) is 0.288. The number of rotatable bonds is 6. The molecule has 0 aromatic heterocycles.